The van der Waals surface area contributed by atoms with Gasteiger partial charge in [0.1, 0.15) is 6.04 Å². The number of carboxylic acid groups (broad SMARTS) is 1. The summed E-state index contributed by atoms with van der Waals surface area (Å²) in [6.45, 7) is 3.83. The van der Waals surface area contributed by atoms with E-state index in [-0.39, 0.29) is 0 Å². The summed E-state index contributed by atoms with van der Waals surface area (Å²) in [7, 11) is 0. The average molecular weight is 296 g/mol. The number of hydrogen-bond acceptors (Lipinski definition) is 4. The van der Waals surface area contributed by atoms with Crippen LogP contribution in [0.15, 0.2) is 0 Å². The van der Waals surface area contributed by atoms with Crippen LogP contribution in [0.1, 0.15) is 83.5 Å². The Labute approximate surface area is 126 Å². The molecule has 0 spiro atoms. The number of rotatable bonds is 12. The molecule has 0 saturated heterocycles. The van der Waals surface area contributed by atoms with Gasteiger partial charge in [0.25, 0.3) is 0 Å². The van der Waals surface area contributed by atoms with Gasteiger partial charge >= 0.3 is 5.97 Å². The molecule has 0 radical (unpaired) electrons. The van der Waals surface area contributed by atoms with E-state index in [0.29, 0.717) is 5.82 Å². The van der Waals surface area contributed by atoms with Gasteiger partial charge < -0.3 is 5.11 Å². The quantitative estimate of drug-likeness (QED) is 0.598. The first-order chi connectivity index (χ1) is 10.2. The molecular formula is C15H28N4O2. The van der Waals surface area contributed by atoms with Crippen LogP contribution in [0.25, 0.3) is 0 Å². The third kappa shape index (κ3) is 6.69. The van der Waals surface area contributed by atoms with Gasteiger partial charge in [-0.25, -0.2) is 9.48 Å². The molecule has 1 atom stereocenters. The average Bonchev–Trinajstić information content (AvgIpc) is 2.93. The summed E-state index contributed by atoms with van der Waals surface area (Å²) in [5, 5.41) is 20.3. The summed E-state index contributed by atoms with van der Waals surface area (Å²) in [5.41, 5.74) is 0. The van der Waals surface area contributed by atoms with Gasteiger partial charge in [0.15, 0.2) is 5.82 Å². The minimum Gasteiger partial charge on any atom is -0.480 e. The number of hydrogen-bond donors (Lipinski definition) is 1. The molecule has 1 rings (SSSR count). The summed E-state index contributed by atoms with van der Waals surface area (Å²) in [4.78, 5) is 11.0. The Hall–Kier alpha value is -1.46. The molecule has 1 aromatic rings. The lowest BCUT2D eigenvalue weighted by molar-refractivity contribution is -0.140. The van der Waals surface area contributed by atoms with E-state index in [1.807, 2.05) is 0 Å². The predicted molar refractivity (Wildman–Crippen MR) is 81.1 cm³/mol. The van der Waals surface area contributed by atoms with Crippen LogP contribution in [0.2, 0.25) is 0 Å². The van der Waals surface area contributed by atoms with Crippen molar-refractivity contribution < 1.29 is 9.90 Å². The van der Waals surface area contributed by atoms with Crippen molar-refractivity contribution in [3.63, 3.8) is 0 Å². The van der Waals surface area contributed by atoms with Gasteiger partial charge in [-0.2, -0.15) is 0 Å². The second-order valence-electron chi connectivity index (χ2n) is 5.63. The van der Waals surface area contributed by atoms with Crippen LogP contribution >= 0.6 is 0 Å². The molecule has 0 amide bonds. The Morgan fingerprint density at radius 1 is 1.10 bits per heavy atom. The van der Waals surface area contributed by atoms with Gasteiger partial charge in [-0.15, -0.1) is 5.10 Å². The molecule has 0 aliphatic carbocycles. The van der Waals surface area contributed by atoms with Crippen LogP contribution in [-0.2, 0) is 11.2 Å². The van der Waals surface area contributed by atoms with Crippen molar-refractivity contribution in [2.24, 2.45) is 0 Å². The van der Waals surface area contributed by atoms with Crippen LogP contribution in [0.3, 0.4) is 0 Å². The third-order valence-corrected chi connectivity index (χ3v) is 3.79. The fourth-order valence-electron chi connectivity index (χ4n) is 2.38. The Balaban J connectivity index is 2.13. The highest BCUT2D eigenvalue weighted by Crippen LogP contribution is 2.12. The third-order valence-electron chi connectivity index (χ3n) is 3.79. The molecule has 6 heteroatoms. The standard InChI is InChI=1S/C15H28N4O2/c1-3-4-5-6-7-8-9-10-11-12-14-16-17-18-19(14)13(2)15(20)21/h13H,3-12H2,1-2H3,(H,20,21). The molecule has 1 heterocycles. The maximum Gasteiger partial charge on any atom is 0.328 e. The molecule has 1 N–H and O–H groups in total. The summed E-state index contributed by atoms with van der Waals surface area (Å²) in [6, 6.07) is -0.700. The topological polar surface area (TPSA) is 80.9 Å². The molecule has 6 nitrogen and oxygen atoms in total. The lowest BCUT2D eigenvalue weighted by Crippen LogP contribution is -2.19. The highest BCUT2D eigenvalue weighted by Gasteiger charge is 2.18. The number of carboxylic acids is 1. The van der Waals surface area contributed by atoms with E-state index in [2.05, 4.69) is 22.4 Å². The van der Waals surface area contributed by atoms with Gasteiger partial charge in [0, 0.05) is 6.42 Å². The lowest BCUT2D eigenvalue weighted by Gasteiger charge is -2.08. The second kappa shape index (κ2) is 10.3. The SMILES string of the molecule is CCCCCCCCCCCc1nnnn1C(C)C(=O)O. The number of aromatic nitrogens is 4. The molecule has 0 aromatic carbocycles. The molecule has 0 aliphatic rings. The molecule has 0 aliphatic heterocycles. The van der Waals surface area contributed by atoms with Crippen molar-refractivity contribution in [3.8, 4) is 0 Å². The summed E-state index contributed by atoms with van der Waals surface area (Å²) >= 11 is 0. The fourth-order valence-corrected chi connectivity index (χ4v) is 2.38. The van der Waals surface area contributed by atoms with Crippen LogP contribution in [0.4, 0.5) is 0 Å². The van der Waals surface area contributed by atoms with Gasteiger partial charge in [-0.1, -0.05) is 58.3 Å². The van der Waals surface area contributed by atoms with Crippen molar-refractivity contribution in [3.05, 3.63) is 5.82 Å². The largest absolute Gasteiger partial charge is 0.480 e. The number of tetrazole rings is 1. The zero-order valence-corrected chi connectivity index (χ0v) is 13.3. The number of aliphatic carboxylic acids is 1. The maximum absolute atomic E-state index is 11.0. The number of unbranched alkanes of at least 4 members (excludes halogenated alkanes) is 8. The minimum atomic E-state index is -0.907. The molecule has 1 unspecified atom stereocenters. The smallest absolute Gasteiger partial charge is 0.328 e. The van der Waals surface area contributed by atoms with Crippen LogP contribution in [-0.4, -0.2) is 31.3 Å². The fraction of sp³-hybridized carbons (Fsp3) is 0.867. The monoisotopic (exact) mass is 296 g/mol. The first-order valence-electron chi connectivity index (χ1n) is 8.16. The summed E-state index contributed by atoms with van der Waals surface area (Å²) in [6.07, 6.45) is 12.1. The van der Waals surface area contributed by atoms with E-state index in [9.17, 15) is 4.79 Å². The first-order valence-corrected chi connectivity index (χ1v) is 8.16. The van der Waals surface area contributed by atoms with Gasteiger partial charge in [0.05, 0.1) is 0 Å². The Bertz CT molecular complexity index is 406. The van der Waals surface area contributed by atoms with E-state index >= 15 is 0 Å². The summed E-state index contributed by atoms with van der Waals surface area (Å²) < 4.78 is 1.41. The molecule has 0 saturated carbocycles. The van der Waals surface area contributed by atoms with E-state index in [1.165, 1.54) is 49.6 Å². The second-order valence-corrected chi connectivity index (χ2v) is 5.63. The number of carbonyl (C=O) groups is 1. The molecule has 0 fully saturated rings. The number of aryl methyl sites for hydroxylation is 1. The van der Waals surface area contributed by atoms with Crippen molar-refractivity contribution in [2.45, 2.75) is 84.1 Å². The molecule has 21 heavy (non-hydrogen) atoms. The summed E-state index contributed by atoms with van der Waals surface area (Å²) in [5.74, 6) is -0.233. The van der Waals surface area contributed by atoms with E-state index < -0.39 is 12.0 Å². The normalized spacial score (nSPS) is 12.5. The van der Waals surface area contributed by atoms with Crippen molar-refractivity contribution >= 4 is 5.97 Å². The zero-order chi connectivity index (χ0) is 15.5. The van der Waals surface area contributed by atoms with Crippen LogP contribution in [0, 0.1) is 0 Å². The predicted octanol–water partition coefficient (Wildman–Crippen LogP) is 3.39. The Morgan fingerprint density at radius 2 is 1.67 bits per heavy atom. The van der Waals surface area contributed by atoms with Crippen molar-refractivity contribution in [2.75, 3.05) is 0 Å². The molecule has 1 aromatic heterocycles. The highest BCUT2D eigenvalue weighted by atomic mass is 16.4. The minimum absolute atomic E-state index is 0.674. The zero-order valence-electron chi connectivity index (χ0n) is 13.3. The van der Waals surface area contributed by atoms with Crippen molar-refractivity contribution in [1.29, 1.82) is 0 Å². The lowest BCUT2D eigenvalue weighted by atomic mass is 10.1. The molecular weight excluding hydrogens is 268 g/mol. The van der Waals surface area contributed by atoms with Crippen LogP contribution < -0.4 is 0 Å². The van der Waals surface area contributed by atoms with Crippen LogP contribution in [0.5, 0.6) is 0 Å². The number of nitrogens with zero attached hydrogens (tertiary/aromatic N) is 4. The van der Waals surface area contributed by atoms with E-state index in [4.69, 9.17) is 5.11 Å². The van der Waals surface area contributed by atoms with Gasteiger partial charge in [0.2, 0.25) is 0 Å². The van der Waals surface area contributed by atoms with Gasteiger partial charge in [-0.3, -0.25) is 0 Å². The first kappa shape index (κ1) is 17.6. The maximum atomic E-state index is 11.0. The molecule has 0 bridgehead atoms. The van der Waals surface area contributed by atoms with Gasteiger partial charge in [-0.05, 0) is 23.8 Å². The Morgan fingerprint density at radius 3 is 2.24 bits per heavy atom. The molecule has 120 valence electrons. The highest BCUT2D eigenvalue weighted by molar-refractivity contribution is 5.71. The Kier molecular flexibility index (Phi) is 8.62. The van der Waals surface area contributed by atoms with E-state index in [0.717, 1.165) is 19.3 Å². The van der Waals surface area contributed by atoms with Crippen molar-refractivity contribution in [1.82, 2.24) is 20.2 Å². The van der Waals surface area contributed by atoms with E-state index in [1.54, 1.807) is 6.92 Å².